The first kappa shape index (κ1) is 18.9. The lowest BCUT2D eigenvalue weighted by atomic mass is 9.84. The minimum absolute atomic E-state index is 0.0975. The third-order valence-electron chi connectivity index (χ3n) is 4.43. The van der Waals surface area contributed by atoms with Crippen LogP contribution in [0, 0.1) is 5.92 Å². The van der Waals surface area contributed by atoms with E-state index >= 15 is 0 Å². The SMILES string of the molecule is O=C(O)[C@@H]1Cc2cc(Cl)ccc2N(Cc2ccc(Cl)cc2)[C@@H]1C(F)(F)F. The first-order valence-electron chi connectivity index (χ1n) is 7.76. The van der Waals surface area contributed by atoms with Gasteiger partial charge in [0.1, 0.15) is 6.04 Å². The smallest absolute Gasteiger partial charge is 0.409 e. The Hall–Kier alpha value is -1.92. The number of nitrogens with zero attached hydrogens (tertiary/aromatic N) is 1. The van der Waals surface area contributed by atoms with E-state index in [2.05, 4.69) is 0 Å². The molecule has 1 heterocycles. The third-order valence-corrected chi connectivity index (χ3v) is 4.91. The number of aliphatic carboxylic acids is 1. The van der Waals surface area contributed by atoms with Crippen molar-refractivity contribution in [1.29, 1.82) is 0 Å². The van der Waals surface area contributed by atoms with E-state index in [9.17, 15) is 23.1 Å². The highest BCUT2D eigenvalue weighted by Crippen LogP contribution is 2.42. The number of alkyl halides is 3. The molecule has 3 nitrogen and oxygen atoms in total. The number of halogens is 5. The number of carbonyl (C=O) groups is 1. The highest BCUT2D eigenvalue weighted by Gasteiger charge is 2.53. The summed E-state index contributed by atoms with van der Waals surface area (Å²) in [4.78, 5) is 12.7. The van der Waals surface area contributed by atoms with E-state index in [1.165, 1.54) is 18.2 Å². The van der Waals surface area contributed by atoms with Gasteiger partial charge in [-0.3, -0.25) is 4.79 Å². The van der Waals surface area contributed by atoms with Gasteiger partial charge in [-0.15, -0.1) is 0 Å². The van der Waals surface area contributed by atoms with Crippen LogP contribution in [0.4, 0.5) is 18.9 Å². The van der Waals surface area contributed by atoms with E-state index < -0.39 is 24.1 Å². The molecule has 8 heteroatoms. The van der Waals surface area contributed by atoms with Crippen molar-refractivity contribution in [3.63, 3.8) is 0 Å². The van der Waals surface area contributed by atoms with Crippen LogP contribution < -0.4 is 4.90 Å². The second-order valence-electron chi connectivity index (χ2n) is 6.16. The Bertz CT molecular complexity index is 824. The van der Waals surface area contributed by atoms with Crippen molar-refractivity contribution in [1.82, 2.24) is 0 Å². The van der Waals surface area contributed by atoms with E-state index in [4.69, 9.17) is 23.2 Å². The molecule has 1 aliphatic rings. The van der Waals surface area contributed by atoms with E-state index in [1.54, 1.807) is 24.3 Å². The molecule has 0 aromatic heterocycles. The van der Waals surface area contributed by atoms with Crippen LogP contribution in [0.3, 0.4) is 0 Å². The molecule has 0 fully saturated rings. The molecule has 2 atom stereocenters. The number of anilines is 1. The second kappa shape index (κ2) is 7.00. The Morgan fingerprint density at radius 3 is 2.31 bits per heavy atom. The molecule has 0 amide bonds. The van der Waals surface area contributed by atoms with Crippen LogP contribution >= 0.6 is 23.2 Å². The van der Waals surface area contributed by atoms with Gasteiger partial charge in [0.05, 0.1) is 5.92 Å². The van der Waals surface area contributed by atoms with E-state index in [0.717, 1.165) is 4.90 Å². The number of rotatable bonds is 3. The van der Waals surface area contributed by atoms with Crippen molar-refractivity contribution < 1.29 is 23.1 Å². The Labute approximate surface area is 157 Å². The van der Waals surface area contributed by atoms with Gasteiger partial charge in [-0.05, 0) is 47.9 Å². The second-order valence-corrected chi connectivity index (χ2v) is 7.04. The summed E-state index contributed by atoms with van der Waals surface area (Å²) in [5.74, 6) is -3.10. The Balaban J connectivity index is 2.10. The van der Waals surface area contributed by atoms with Crippen LogP contribution in [0.1, 0.15) is 11.1 Å². The fraction of sp³-hybridized carbons (Fsp3) is 0.278. The van der Waals surface area contributed by atoms with Gasteiger partial charge in [0.25, 0.3) is 0 Å². The number of carboxylic acids is 1. The molecule has 1 aliphatic heterocycles. The minimum Gasteiger partial charge on any atom is -0.481 e. The lowest BCUT2D eigenvalue weighted by molar-refractivity contribution is -0.175. The minimum atomic E-state index is -4.70. The molecule has 2 aromatic rings. The van der Waals surface area contributed by atoms with E-state index in [1.807, 2.05) is 0 Å². The van der Waals surface area contributed by atoms with Crippen LogP contribution in [0.15, 0.2) is 42.5 Å². The lowest BCUT2D eigenvalue weighted by Crippen LogP contribution is -2.55. The summed E-state index contributed by atoms with van der Waals surface area (Å²) < 4.78 is 41.4. The summed E-state index contributed by atoms with van der Waals surface area (Å²) in [6.07, 6.45) is -4.93. The van der Waals surface area contributed by atoms with Crippen molar-refractivity contribution >= 4 is 34.9 Å². The van der Waals surface area contributed by atoms with Gasteiger partial charge in [0.2, 0.25) is 0 Å². The molecule has 0 unspecified atom stereocenters. The van der Waals surface area contributed by atoms with Gasteiger partial charge in [-0.2, -0.15) is 13.2 Å². The molecule has 2 aromatic carbocycles. The number of carboxylic acid groups (broad SMARTS) is 1. The fourth-order valence-electron chi connectivity index (χ4n) is 3.31. The summed E-state index contributed by atoms with van der Waals surface area (Å²) in [6.45, 7) is -0.0975. The molecule has 0 saturated carbocycles. The Morgan fingerprint density at radius 2 is 1.73 bits per heavy atom. The average molecular weight is 404 g/mol. The highest BCUT2D eigenvalue weighted by atomic mass is 35.5. The molecule has 0 saturated heterocycles. The molecular formula is C18H14Cl2F3NO2. The van der Waals surface area contributed by atoms with Crippen molar-refractivity contribution in [2.24, 2.45) is 5.92 Å². The number of hydrogen-bond donors (Lipinski definition) is 1. The zero-order valence-corrected chi connectivity index (χ0v) is 14.8. The van der Waals surface area contributed by atoms with Crippen molar-refractivity contribution in [3.05, 3.63) is 63.6 Å². The quantitative estimate of drug-likeness (QED) is 0.766. The van der Waals surface area contributed by atoms with Crippen molar-refractivity contribution in [2.75, 3.05) is 4.90 Å². The maximum atomic E-state index is 13.8. The van der Waals surface area contributed by atoms with E-state index in [0.29, 0.717) is 26.9 Å². The number of benzene rings is 2. The van der Waals surface area contributed by atoms with Crippen LogP contribution in [0.5, 0.6) is 0 Å². The standard InChI is InChI=1S/C18H14Cl2F3NO2/c19-12-3-1-10(2-4-12)9-24-15-6-5-13(20)7-11(15)8-14(17(25)26)16(24)18(21,22)23/h1-7,14,16H,8-9H2,(H,25,26)/t14-,16+/m1/s1. The third kappa shape index (κ3) is 3.76. The summed E-state index contributed by atoms with van der Waals surface area (Å²) in [5, 5.41) is 10.2. The van der Waals surface area contributed by atoms with E-state index in [-0.39, 0.29) is 13.0 Å². The molecular weight excluding hydrogens is 390 g/mol. The summed E-state index contributed by atoms with van der Waals surface area (Å²) in [5.41, 5.74) is 1.42. The predicted octanol–water partition coefficient (Wildman–Crippen LogP) is 5.19. The maximum Gasteiger partial charge on any atom is 0.409 e. The first-order valence-corrected chi connectivity index (χ1v) is 8.51. The largest absolute Gasteiger partial charge is 0.481 e. The van der Waals surface area contributed by atoms with Gasteiger partial charge in [-0.25, -0.2) is 0 Å². The molecule has 26 heavy (non-hydrogen) atoms. The van der Waals surface area contributed by atoms with Gasteiger partial charge in [0, 0.05) is 22.3 Å². The number of hydrogen-bond acceptors (Lipinski definition) is 2. The molecule has 3 rings (SSSR count). The Kier molecular flexibility index (Phi) is 5.08. The number of fused-ring (bicyclic) bond motifs is 1. The van der Waals surface area contributed by atoms with Crippen LogP contribution in [-0.2, 0) is 17.8 Å². The van der Waals surface area contributed by atoms with Crippen LogP contribution in [0.2, 0.25) is 10.0 Å². The summed E-state index contributed by atoms with van der Waals surface area (Å²) >= 11 is 11.8. The zero-order chi connectivity index (χ0) is 19.1. The fourth-order valence-corrected chi connectivity index (χ4v) is 3.63. The molecule has 1 N–H and O–H groups in total. The van der Waals surface area contributed by atoms with Crippen LogP contribution in [0.25, 0.3) is 0 Å². The molecule has 0 bridgehead atoms. The first-order chi connectivity index (χ1) is 12.2. The zero-order valence-electron chi connectivity index (χ0n) is 13.3. The topological polar surface area (TPSA) is 40.5 Å². The normalized spacial score (nSPS) is 20.0. The maximum absolute atomic E-state index is 13.8. The summed E-state index contributed by atoms with van der Waals surface area (Å²) in [6, 6.07) is 8.81. The molecule has 138 valence electrons. The molecule has 0 radical (unpaired) electrons. The van der Waals surface area contributed by atoms with Crippen molar-refractivity contribution in [2.45, 2.75) is 25.2 Å². The molecule has 0 aliphatic carbocycles. The monoisotopic (exact) mass is 403 g/mol. The van der Waals surface area contributed by atoms with Crippen molar-refractivity contribution in [3.8, 4) is 0 Å². The van der Waals surface area contributed by atoms with Crippen LogP contribution in [-0.4, -0.2) is 23.3 Å². The lowest BCUT2D eigenvalue weighted by Gasteiger charge is -2.43. The van der Waals surface area contributed by atoms with Gasteiger partial charge in [0.15, 0.2) is 0 Å². The average Bonchev–Trinajstić information content (AvgIpc) is 2.54. The molecule has 0 spiro atoms. The van der Waals surface area contributed by atoms with Gasteiger partial charge < -0.3 is 10.0 Å². The van der Waals surface area contributed by atoms with Gasteiger partial charge in [-0.1, -0.05) is 35.3 Å². The highest BCUT2D eigenvalue weighted by molar-refractivity contribution is 6.31. The van der Waals surface area contributed by atoms with Gasteiger partial charge >= 0.3 is 12.1 Å². The predicted molar refractivity (Wildman–Crippen MR) is 93.8 cm³/mol. The summed E-state index contributed by atoms with van der Waals surface area (Å²) in [7, 11) is 0. The Morgan fingerprint density at radius 1 is 1.12 bits per heavy atom.